The van der Waals surface area contributed by atoms with Crippen LogP contribution in [0, 0.1) is 13.8 Å². The van der Waals surface area contributed by atoms with Gasteiger partial charge in [-0.2, -0.15) is 10.2 Å². The summed E-state index contributed by atoms with van der Waals surface area (Å²) < 4.78 is 16.0. The SMILES string of the molecule is CCn1cc(CNc2c(C)cnn2CCF)c(C)n1.Cl. The van der Waals surface area contributed by atoms with Gasteiger partial charge in [-0.25, -0.2) is 9.07 Å². The molecule has 0 unspecified atom stereocenters. The van der Waals surface area contributed by atoms with Gasteiger partial charge in [-0.15, -0.1) is 12.4 Å². The number of nitrogens with zero attached hydrogens (tertiary/aromatic N) is 4. The van der Waals surface area contributed by atoms with Gasteiger partial charge in [0.1, 0.15) is 12.5 Å². The Morgan fingerprint density at radius 3 is 2.70 bits per heavy atom. The molecule has 0 aliphatic rings. The lowest BCUT2D eigenvalue weighted by molar-refractivity contribution is 0.429. The summed E-state index contributed by atoms with van der Waals surface area (Å²) in [7, 11) is 0. The van der Waals surface area contributed by atoms with E-state index in [-0.39, 0.29) is 19.0 Å². The van der Waals surface area contributed by atoms with Gasteiger partial charge in [0.05, 0.1) is 18.4 Å². The summed E-state index contributed by atoms with van der Waals surface area (Å²) in [4.78, 5) is 0. The predicted octanol–water partition coefficient (Wildman–Crippen LogP) is 2.72. The maximum atomic E-state index is 12.4. The van der Waals surface area contributed by atoms with Crippen LogP contribution < -0.4 is 5.32 Å². The second-order valence-corrected chi connectivity index (χ2v) is 4.54. The summed E-state index contributed by atoms with van der Waals surface area (Å²) in [5, 5.41) is 11.9. The van der Waals surface area contributed by atoms with E-state index in [1.165, 1.54) is 0 Å². The molecule has 2 aromatic heterocycles. The van der Waals surface area contributed by atoms with Crippen LogP contribution in [0.4, 0.5) is 10.2 Å². The van der Waals surface area contributed by atoms with Crippen molar-refractivity contribution >= 4 is 18.2 Å². The fourth-order valence-corrected chi connectivity index (χ4v) is 2.03. The molecule has 0 fully saturated rings. The molecule has 20 heavy (non-hydrogen) atoms. The fraction of sp³-hybridized carbons (Fsp3) is 0.538. The number of nitrogens with one attached hydrogen (secondary N) is 1. The van der Waals surface area contributed by atoms with E-state index in [0.717, 1.165) is 29.2 Å². The van der Waals surface area contributed by atoms with Crippen molar-refractivity contribution in [1.29, 1.82) is 0 Å². The molecule has 7 heteroatoms. The lowest BCUT2D eigenvalue weighted by Gasteiger charge is -2.09. The molecular weight excluding hydrogens is 281 g/mol. The van der Waals surface area contributed by atoms with Gasteiger partial charge < -0.3 is 5.32 Å². The van der Waals surface area contributed by atoms with Crippen LogP contribution in [0.3, 0.4) is 0 Å². The van der Waals surface area contributed by atoms with E-state index in [2.05, 4.69) is 22.4 Å². The van der Waals surface area contributed by atoms with Gasteiger partial charge in [0.15, 0.2) is 0 Å². The third-order valence-corrected chi connectivity index (χ3v) is 3.14. The number of halogens is 2. The van der Waals surface area contributed by atoms with Crippen LogP contribution in [0.2, 0.25) is 0 Å². The van der Waals surface area contributed by atoms with E-state index in [0.29, 0.717) is 6.54 Å². The molecule has 0 aromatic carbocycles. The predicted molar refractivity (Wildman–Crippen MR) is 80.2 cm³/mol. The first kappa shape index (κ1) is 16.5. The van der Waals surface area contributed by atoms with Crippen LogP contribution in [-0.4, -0.2) is 26.2 Å². The van der Waals surface area contributed by atoms with Crippen LogP contribution >= 0.6 is 12.4 Å². The molecule has 0 aliphatic heterocycles. The number of aromatic nitrogens is 4. The van der Waals surface area contributed by atoms with E-state index in [4.69, 9.17) is 0 Å². The average Bonchev–Trinajstić information content (AvgIpc) is 2.92. The molecule has 1 N–H and O–H groups in total. The number of alkyl halides is 1. The van der Waals surface area contributed by atoms with Gasteiger partial charge in [0.25, 0.3) is 0 Å². The van der Waals surface area contributed by atoms with Crippen molar-refractivity contribution in [2.45, 2.75) is 40.4 Å². The standard InChI is InChI=1S/C13H20FN5.ClH/c1-4-18-9-12(11(3)17-18)8-15-13-10(2)7-16-19(13)6-5-14;/h7,9,15H,4-6,8H2,1-3H3;1H. The monoisotopic (exact) mass is 301 g/mol. The second-order valence-electron chi connectivity index (χ2n) is 4.54. The van der Waals surface area contributed by atoms with Crippen molar-refractivity contribution in [2.24, 2.45) is 0 Å². The Morgan fingerprint density at radius 2 is 2.10 bits per heavy atom. The Hall–Kier alpha value is -1.56. The molecule has 0 saturated heterocycles. The highest BCUT2D eigenvalue weighted by Crippen LogP contribution is 2.16. The number of hydrogen-bond acceptors (Lipinski definition) is 3. The molecule has 0 radical (unpaired) electrons. The van der Waals surface area contributed by atoms with Crippen molar-refractivity contribution in [3.05, 3.63) is 29.2 Å². The van der Waals surface area contributed by atoms with Crippen LogP contribution in [0.15, 0.2) is 12.4 Å². The first-order valence-electron chi connectivity index (χ1n) is 6.50. The van der Waals surface area contributed by atoms with Crippen molar-refractivity contribution < 1.29 is 4.39 Å². The highest BCUT2D eigenvalue weighted by molar-refractivity contribution is 5.85. The normalized spacial score (nSPS) is 10.4. The lowest BCUT2D eigenvalue weighted by Crippen LogP contribution is -2.10. The van der Waals surface area contributed by atoms with Crippen LogP contribution in [0.1, 0.15) is 23.7 Å². The summed E-state index contributed by atoms with van der Waals surface area (Å²) in [6, 6.07) is 0. The number of rotatable bonds is 6. The van der Waals surface area contributed by atoms with Crippen LogP contribution in [-0.2, 0) is 19.6 Å². The number of hydrogen-bond donors (Lipinski definition) is 1. The van der Waals surface area contributed by atoms with Gasteiger partial charge in [-0.05, 0) is 20.8 Å². The Balaban J connectivity index is 0.00000200. The van der Waals surface area contributed by atoms with Gasteiger partial charge in [-0.3, -0.25) is 4.68 Å². The molecule has 0 bridgehead atoms. The van der Waals surface area contributed by atoms with E-state index in [9.17, 15) is 4.39 Å². The minimum absolute atomic E-state index is 0. The lowest BCUT2D eigenvalue weighted by atomic mass is 10.2. The summed E-state index contributed by atoms with van der Waals surface area (Å²) in [6.45, 7) is 7.42. The van der Waals surface area contributed by atoms with Gasteiger partial charge in [0, 0.05) is 30.4 Å². The van der Waals surface area contributed by atoms with E-state index < -0.39 is 6.67 Å². The van der Waals surface area contributed by atoms with E-state index in [1.807, 2.05) is 24.7 Å². The number of aryl methyl sites for hydroxylation is 4. The molecule has 2 heterocycles. The van der Waals surface area contributed by atoms with Crippen molar-refractivity contribution in [3.8, 4) is 0 Å². The third kappa shape index (κ3) is 3.50. The molecular formula is C13H21ClFN5. The van der Waals surface area contributed by atoms with E-state index >= 15 is 0 Å². The zero-order chi connectivity index (χ0) is 13.8. The van der Waals surface area contributed by atoms with Gasteiger partial charge in [0.2, 0.25) is 0 Å². The molecule has 0 amide bonds. The molecule has 2 aromatic rings. The van der Waals surface area contributed by atoms with Gasteiger partial charge >= 0.3 is 0 Å². The topological polar surface area (TPSA) is 47.7 Å². The Bertz CT molecular complexity index is 549. The van der Waals surface area contributed by atoms with Crippen LogP contribution in [0.25, 0.3) is 0 Å². The fourth-order valence-electron chi connectivity index (χ4n) is 2.03. The molecule has 5 nitrogen and oxygen atoms in total. The highest BCUT2D eigenvalue weighted by Gasteiger charge is 2.09. The molecule has 2 rings (SSSR count). The van der Waals surface area contributed by atoms with Crippen molar-refractivity contribution in [1.82, 2.24) is 19.6 Å². The first-order valence-corrected chi connectivity index (χ1v) is 6.50. The minimum Gasteiger partial charge on any atom is -0.366 e. The summed E-state index contributed by atoms with van der Waals surface area (Å²) in [5.41, 5.74) is 3.19. The van der Waals surface area contributed by atoms with Crippen LogP contribution in [0.5, 0.6) is 0 Å². The molecule has 0 saturated carbocycles. The first-order chi connectivity index (χ1) is 9.15. The smallest absolute Gasteiger partial charge is 0.127 e. The zero-order valence-electron chi connectivity index (χ0n) is 12.1. The quantitative estimate of drug-likeness (QED) is 0.892. The minimum atomic E-state index is -0.414. The number of anilines is 1. The third-order valence-electron chi connectivity index (χ3n) is 3.14. The summed E-state index contributed by atoms with van der Waals surface area (Å²) in [6.07, 6.45) is 3.79. The maximum Gasteiger partial charge on any atom is 0.127 e. The Morgan fingerprint density at radius 1 is 1.35 bits per heavy atom. The molecule has 0 spiro atoms. The van der Waals surface area contributed by atoms with Gasteiger partial charge in [-0.1, -0.05) is 0 Å². The molecule has 112 valence electrons. The van der Waals surface area contributed by atoms with Crippen molar-refractivity contribution in [3.63, 3.8) is 0 Å². The summed E-state index contributed by atoms with van der Waals surface area (Å²) >= 11 is 0. The average molecular weight is 302 g/mol. The largest absolute Gasteiger partial charge is 0.366 e. The van der Waals surface area contributed by atoms with E-state index in [1.54, 1.807) is 10.9 Å². The highest BCUT2D eigenvalue weighted by atomic mass is 35.5. The maximum absolute atomic E-state index is 12.4. The molecule has 0 atom stereocenters. The Kier molecular flexibility index (Phi) is 6.01. The zero-order valence-corrected chi connectivity index (χ0v) is 12.9. The Labute approximate surface area is 124 Å². The summed E-state index contributed by atoms with van der Waals surface area (Å²) in [5.74, 6) is 0.876. The van der Waals surface area contributed by atoms with Crippen molar-refractivity contribution in [2.75, 3.05) is 12.0 Å². The molecule has 0 aliphatic carbocycles. The second kappa shape index (κ2) is 7.28.